The summed E-state index contributed by atoms with van der Waals surface area (Å²) >= 11 is 0. The van der Waals surface area contributed by atoms with Crippen molar-refractivity contribution in [3.8, 4) is 0 Å². The van der Waals surface area contributed by atoms with Crippen LogP contribution in [-0.2, 0) is 14.3 Å². The van der Waals surface area contributed by atoms with Gasteiger partial charge < -0.3 is 10.1 Å². The second-order valence-electron chi connectivity index (χ2n) is 3.11. The van der Waals surface area contributed by atoms with Crippen LogP contribution in [0.3, 0.4) is 0 Å². The van der Waals surface area contributed by atoms with E-state index in [0.29, 0.717) is 5.92 Å². The predicted molar refractivity (Wildman–Crippen MR) is 42.3 cm³/mol. The standard InChI is InChI=1S/C8H13NO3/c1-5-3-6(5)8(11)9-4-7(10)12-2/h5-6H,3-4H2,1-2H3,(H,9,11). The Kier molecular flexibility index (Phi) is 2.68. The van der Waals surface area contributed by atoms with Crippen LogP contribution in [0.4, 0.5) is 0 Å². The fraction of sp³-hybridized carbons (Fsp3) is 0.750. The Morgan fingerprint density at radius 1 is 1.58 bits per heavy atom. The van der Waals surface area contributed by atoms with E-state index < -0.39 is 5.97 Å². The third-order valence-corrected chi connectivity index (χ3v) is 2.08. The summed E-state index contributed by atoms with van der Waals surface area (Å²) in [6.07, 6.45) is 0.938. The topological polar surface area (TPSA) is 55.4 Å². The maximum Gasteiger partial charge on any atom is 0.325 e. The Bertz CT molecular complexity index is 202. The van der Waals surface area contributed by atoms with E-state index in [2.05, 4.69) is 10.1 Å². The molecule has 0 saturated heterocycles. The summed E-state index contributed by atoms with van der Waals surface area (Å²) in [4.78, 5) is 21.7. The van der Waals surface area contributed by atoms with Crippen LogP contribution >= 0.6 is 0 Å². The molecule has 1 aliphatic rings. The normalized spacial score (nSPS) is 26.2. The van der Waals surface area contributed by atoms with Gasteiger partial charge in [-0.1, -0.05) is 6.92 Å². The number of methoxy groups -OCH3 is 1. The van der Waals surface area contributed by atoms with Gasteiger partial charge in [-0.2, -0.15) is 0 Å². The van der Waals surface area contributed by atoms with Crippen LogP contribution in [0, 0.1) is 11.8 Å². The molecule has 0 aromatic rings. The van der Waals surface area contributed by atoms with Gasteiger partial charge in [-0.15, -0.1) is 0 Å². The highest BCUT2D eigenvalue weighted by molar-refractivity contribution is 5.85. The number of carbonyl (C=O) groups is 2. The highest BCUT2D eigenvalue weighted by Gasteiger charge is 2.38. The van der Waals surface area contributed by atoms with Crippen LogP contribution in [0.2, 0.25) is 0 Å². The fourth-order valence-corrected chi connectivity index (χ4v) is 1.05. The molecule has 1 N–H and O–H groups in total. The molecule has 0 bridgehead atoms. The Balaban J connectivity index is 2.15. The van der Waals surface area contributed by atoms with E-state index in [1.807, 2.05) is 6.92 Å². The second-order valence-corrected chi connectivity index (χ2v) is 3.11. The molecule has 4 nitrogen and oxygen atoms in total. The van der Waals surface area contributed by atoms with Crippen molar-refractivity contribution in [2.45, 2.75) is 13.3 Å². The number of amides is 1. The quantitative estimate of drug-likeness (QED) is 0.605. The first kappa shape index (κ1) is 9.03. The third-order valence-electron chi connectivity index (χ3n) is 2.08. The summed E-state index contributed by atoms with van der Waals surface area (Å²) in [7, 11) is 1.30. The molecular weight excluding hydrogens is 158 g/mol. The summed E-state index contributed by atoms with van der Waals surface area (Å²) in [5.74, 6) is 0.154. The van der Waals surface area contributed by atoms with Gasteiger partial charge in [0.2, 0.25) is 5.91 Å². The zero-order valence-corrected chi connectivity index (χ0v) is 7.29. The molecule has 12 heavy (non-hydrogen) atoms. The first-order chi connectivity index (χ1) is 5.65. The van der Waals surface area contributed by atoms with Crippen LogP contribution in [0.15, 0.2) is 0 Å². The van der Waals surface area contributed by atoms with Crippen LogP contribution < -0.4 is 5.32 Å². The van der Waals surface area contributed by atoms with Crippen LogP contribution in [0.1, 0.15) is 13.3 Å². The van der Waals surface area contributed by atoms with Crippen molar-refractivity contribution in [2.75, 3.05) is 13.7 Å². The van der Waals surface area contributed by atoms with Gasteiger partial charge in [-0.05, 0) is 12.3 Å². The van der Waals surface area contributed by atoms with E-state index in [1.54, 1.807) is 0 Å². The van der Waals surface area contributed by atoms with E-state index in [0.717, 1.165) is 6.42 Å². The van der Waals surface area contributed by atoms with E-state index in [-0.39, 0.29) is 18.4 Å². The molecule has 0 aliphatic heterocycles. The first-order valence-corrected chi connectivity index (χ1v) is 3.99. The van der Waals surface area contributed by atoms with E-state index in [1.165, 1.54) is 7.11 Å². The number of esters is 1. The summed E-state index contributed by atoms with van der Waals surface area (Å²) in [5.41, 5.74) is 0. The maximum absolute atomic E-state index is 11.1. The highest BCUT2D eigenvalue weighted by atomic mass is 16.5. The van der Waals surface area contributed by atoms with Gasteiger partial charge in [0, 0.05) is 5.92 Å². The number of nitrogens with one attached hydrogen (secondary N) is 1. The van der Waals surface area contributed by atoms with Gasteiger partial charge in [0.05, 0.1) is 7.11 Å². The molecule has 4 heteroatoms. The third kappa shape index (κ3) is 2.22. The lowest BCUT2D eigenvalue weighted by Crippen LogP contribution is -2.31. The molecule has 1 rings (SSSR count). The van der Waals surface area contributed by atoms with Crippen molar-refractivity contribution in [2.24, 2.45) is 11.8 Å². The summed E-state index contributed by atoms with van der Waals surface area (Å²) in [5, 5.41) is 2.51. The summed E-state index contributed by atoms with van der Waals surface area (Å²) in [6.45, 7) is 2.00. The Labute approximate surface area is 71.3 Å². The summed E-state index contributed by atoms with van der Waals surface area (Å²) in [6, 6.07) is 0. The van der Waals surface area contributed by atoms with Gasteiger partial charge in [-0.3, -0.25) is 9.59 Å². The van der Waals surface area contributed by atoms with E-state index in [4.69, 9.17) is 0 Å². The Hall–Kier alpha value is -1.06. The first-order valence-electron chi connectivity index (χ1n) is 3.99. The van der Waals surface area contributed by atoms with Gasteiger partial charge in [-0.25, -0.2) is 0 Å². The highest BCUT2D eigenvalue weighted by Crippen LogP contribution is 2.37. The van der Waals surface area contributed by atoms with Gasteiger partial charge in [0.25, 0.3) is 0 Å². The van der Waals surface area contributed by atoms with Crippen molar-refractivity contribution in [3.63, 3.8) is 0 Å². The molecule has 1 saturated carbocycles. The molecule has 1 amide bonds. The zero-order chi connectivity index (χ0) is 9.14. The number of rotatable bonds is 3. The SMILES string of the molecule is COC(=O)CNC(=O)C1CC1C. The average Bonchev–Trinajstić information content (AvgIpc) is 2.77. The predicted octanol–water partition coefficient (Wildman–Crippen LogP) is -0.0684. The van der Waals surface area contributed by atoms with Gasteiger partial charge in [0.1, 0.15) is 6.54 Å². The largest absolute Gasteiger partial charge is 0.468 e. The second kappa shape index (κ2) is 3.56. The molecule has 2 unspecified atom stereocenters. The molecule has 1 fully saturated rings. The van der Waals surface area contributed by atoms with Crippen LogP contribution in [-0.4, -0.2) is 25.5 Å². The number of carbonyl (C=O) groups excluding carboxylic acids is 2. The molecule has 0 aromatic heterocycles. The molecule has 68 valence electrons. The lowest BCUT2D eigenvalue weighted by Gasteiger charge is -2.01. The van der Waals surface area contributed by atoms with Crippen molar-refractivity contribution in [1.82, 2.24) is 5.32 Å². The molecular formula is C8H13NO3. The van der Waals surface area contributed by atoms with E-state index in [9.17, 15) is 9.59 Å². The van der Waals surface area contributed by atoms with Crippen LogP contribution in [0.25, 0.3) is 0 Å². The van der Waals surface area contributed by atoms with Gasteiger partial charge in [0.15, 0.2) is 0 Å². The minimum absolute atomic E-state index is 0.0153. The molecule has 0 heterocycles. The maximum atomic E-state index is 11.1. The lowest BCUT2D eigenvalue weighted by molar-refractivity contribution is -0.141. The molecule has 2 atom stereocenters. The minimum Gasteiger partial charge on any atom is -0.468 e. The molecule has 1 aliphatic carbocycles. The van der Waals surface area contributed by atoms with Crippen molar-refractivity contribution in [3.05, 3.63) is 0 Å². The number of ether oxygens (including phenoxy) is 1. The Morgan fingerprint density at radius 3 is 2.58 bits per heavy atom. The molecule has 0 spiro atoms. The lowest BCUT2D eigenvalue weighted by atomic mass is 10.3. The number of hydrogen-bond acceptors (Lipinski definition) is 3. The summed E-state index contributed by atoms with van der Waals surface area (Å²) < 4.78 is 4.37. The average molecular weight is 171 g/mol. The monoisotopic (exact) mass is 171 g/mol. The van der Waals surface area contributed by atoms with Crippen LogP contribution in [0.5, 0.6) is 0 Å². The van der Waals surface area contributed by atoms with Crippen molar-refractivity contribution < 1.29 is 14.3 Å². The Morgan fingerprint density at radius 2 is 2.17 bits per heavy atom. The van der Waals surface area contributed by atoms with Crippen molar-refractivity contribution >= 4 is 11.9 Å². The molecule has 0 radical (unpaired) electrons. The van der Waals surface area contributed by atoms with Gasteiger partial charge >= 0.3 is 5.97 Å². The number of hydrogen-bond donors (Lipinski definition) is 1. The van der Waals surface area contributed by atoms with Crippen molar-refractivity contribution in [1.29, 1.82) is 0 Å². The molecule has 0 aromatic carbocycles. The minimum atomic E-state index is -0.406. The van der Waals surface area contributed by atoms with E-state index >= 15 is 0 Å². The smallest absolute Gasteiger partial charge is 0.325 e. The fourth-order valence-electron chi connectivity index (χ4n) is 1.05. The zero-order valence-electron chi connectivity index (χ0n) is 7.29.